The van der Waals surface area contributed by atoms with Gasteiger partial charge < -0.3 is 15.0 Å². The zero-order chi connectivity index (χ0) is 22.3. The summed E-state index contributed by atoms with van der Waals surface area (Å²) in [7, 11) is 0. The number of likely N-dealkylation sites (tertiary alicyclic amines) is 1. The summed E-state index contributed by atoms with van der Waals surface area (Å²) >= 11 is 0. The van der Waals surface area contributed by atoms with Gasteiger partial charge in [-0.15, -0.1) is 0 Å². The molecule has 7 heteroatoms. The van der Waals surface area contributed by atoms with Crippen molar-refractivity contribution in [2.24, 2.45) is 0 Å². The molecule has 2 atom stereocenters. The second-order valence-corrected chi connectivity index (χ2v) is 8.65. The van der Waals surface area contributed by atoms with Gasteiger partial charge in [0.05, 0.1) is 25.6 Å². The van der Waals surface area contributed by atoms with Crippen LogP contribution in [0.5, 0.6) is 5.75 Å². The topological polar surface area (TPSA) is 73.9 Å². The lowest BCUT2D eigenvalue weighted by Crippen LogP contribution is -2.43. The van der Waals surface area contributed by atoms with Crippen LogP contribution in [-0.4, -0.2) is 67.1 Å². The van der Waals surface area contributed by atoms with Gasteiger partial charge in [-0.1, -0.05) is 48.0 Å². The highest BCUT2D eigenvalue weighted by Gasteiger charge is 2.30. The van der Waals surface area contributed by atoms with E-state index in [2.05, 4.69) is 41.9 Å². The third kappa shape index (κ3) is 6.08. The summed E-state index contributed by atoms with van der Waals surface area (Å²) in [6.45, 7) is 5.58. The SMILES string of the molecule is Cc1ccc(C2CCN(C(=O)CN3CC(NC(=O)CCOc4ccccc4)CN3)C2)cc1. The van der Waals surface area contributed by atoms with Gasteiger partial charge in [0, 0.05) is 32.1 Å². The standard InChI is InChI=1S/C25H32N4O3/c1-19-7-9-20(10-8-19)21-11-13-28(16-21)25(31)18-29-17-22(15-26-29)27-24(30)12-14-32-23-5-3-2-4-6-23/h2-10,21-22,26H,11-18H2,1H3,(H,27,30). The van der Waals surface area contributed by atoms with Crippen molar-refractivity contribution in [2.45, 2.75) is 31.7 Å². The van der Waals surface area contributed by atoms with Crippen LogP contribution in [0, 0.1) is 6.92 Å². The number of para-hydroxylation sites is 1. The Hall–Kier alpha value is -2.90. The minimum absolute atomic E-state index is 0.00842. The largest absolute Gasteiger partial charge is 0.493 e. The molecule has 0 radical (unpaired) electrons. The summed E-state index contributed by atoms with van der Waals surface area (Å²) in [5, 5.41) is 4.93. The molecule has 0 spiro atoms. The van der Waals surface area contributed by atoms with Crippen molar-refractivity contribution in [3.05, 3.63) is 65.7 Å². The minimum Gasteiger partial charge on any atom is -0.493 e. The molecule has 2 unspecified atom stereocenters. The number of hydrazine groups is 1. The predicted octanol–water partition coefficient (Wildman–Crippen LogP) is 2.09. The third-order valence-electron chi connectivity index (χ3n) is 6.12. The Kier molecular flexibility index (Phi) is 7.39. The van der Waals surface area contributed by atoms with Crippen molar-refractivity contribution < 1.29 is 14.3 Å². The molecule has 2 N–H and O–H groups in total. The molecular formula is C25H32N4O3. The maximum Gasteiger partial charge on any atom is 0.238 e. The summed E-state index contributed by atoms with van der Waals surface area (Å²) in [6.07, 6.45) is 1.31. The molecule has 2 aliphatic rings. The van der Waals surface area contributed by atoms with Crippen LogP contribution in [0.2, 0.25) is 0 Å². The van der Waals surface area contributed by atoms with Gasteiger partial charge in [-0.05, 0) is 31.0 Å². The molecule has 0 aliphatic carbocycles. The number of hydrogen-bond donors (Lipinski definition) is 2. The Bertz CT molecular complexity index is 903. The van der Waals surface area contributed by atoms with Gasteiger partial charge >= 0.3 is 0 Å². The van der Waals surface area contributed by atoms with E-state index in [1.165, 1.54) is 11.1 Å². The van der Waals surface area contributed by atoms with E-state index in [0.717, 1.165) is 25.3 Å². The molecule has 2 fully saturated rings. The molecule has 32 heavy (non-hydrogen) atoms. The highest BCUT2D eigenvalue weighted by Crippen LogP contribution is 2.27. The number of aryl methyl sites for hydroxylation is 1. The molecule has 2 saturated heterocycles. The number of nitrogens with one attached hydrogen (secondary N) is 2. The third-order valence-corrected chi connectivity index (χ3v) is 6.12. The van der Waals surface area contributed by atoms with E-state index in [1.54, 1.807) is 0 Å². The van der Waals surface area contributed by atoms with Gasteiger partial charge in [-0.25, -0.2) is 5.01 Å². The number of rotatable bonds is 8. The average molecular weight is 437 g/mol. The van der Waals surface area contributed by atoms with Crippen LogP contribution in [-0.2, 0) is 9.59 Å². The summed E-state index contributed by atoms with van der Waals surface area (Å²) in [5.74, 6) is 1.27. The van der Waals surface area contributed by atoms with E-state index in [-0.39, 0.29) is 17.9 Å². The normalized spacial score (nSPS) is 21.0. The van der Waals surface area contributed by atoms with Gasteiger partial charge in [0.1, 0.15) is 5.75 Å². The summed E-state index contributed by atoms with van der Waals surface area (Å²) in [5.41, 5.74) is 5.80. The second kappa shape index (κ2) is 10.6. The van der Waals surface area contributed by atoms with Crippen molar-refractivity contribution in [3.63, 3.8) is 0 Å². The lowest BCUT2D eigenvalue weighted by molar-refractivity contribution is -0.131. The molecule has 170 valence electrons. The maximum absolute atomic E-state index is 12.8. The van der Waals surface area contributed by atoms with E-state index in [4.69, 9.17) is 4.74 Å². The predicted molar refractivity (Wildman–Crippen MR) is 123 cm³/mol. The molecule has 0 aromatic heterocycles. The van der Waals surface area contributed by atoms with E-state index >= 15 is 0 Å². The first-order valence-corrected chi connectivity index (χ1v) is 11.4. The molecule has 2 amide bonds. The van der Waals surface area contributed by atoms with E-state index < -0.39 is 0 Å². The average Bonchev–Trinajstić information content (AvgIpc) is 3.45. The zero-order valence-electron chi connectivity index (χ0n) is 18.6. The highest BCUT2D eigenvalue weighted by atomic mass is 16.5. The number of benzene rings is 2. The maximum atomic E-state index is 12.8. The van der Waals surface area contributed by atoms with Crippen LogP contribution in [0.3, 0.4) is 0 Å². The molecule has 2 heterocycles. The number of carbonyl (C=O) groups is 2. The molecule has 4 rings (SSSR count). The first-order chi connectivity index (χ1) is 15.6. The van der Waals surface area contributed by atoms with Crippen molar-refractivity contribution >= 4 is 11.8 Å². The van der Waals surface area contributed by atoms with Crippen molar-refractivity contribution in [1.82, 2.24) is 20.7 Å². The van der Waals surface area contributed by atoms with Gasteiger partial charge in [0.25, 0.3) is 0 Å². The number of carbonyl (C=O) groups excluding carboxylic acids is 2. The quantitative estimate of drug-likeness (QED) is 0.663. The minimum atomic E-state index is -0.0404. The van der Waals surface area contributed by atoms with Gasteiger partial charge in [-0.2, -0.15) is 0 Å². The molecule has 2 aromatic carbocycles. The molecular weight excluding hydrogens is 404 g/mol. The molecule has 0 saturated carbocycles. The Morgan fingerprint density at radius 3 is 2.66 bits per heavy atom. The fourth-order valence-electron chi connectivity index (χ4n) is 4.29. The fraction of sp³-hybridized carbons (Fsp3) is 0.440. The van der Waals surface area contributed by atoms with Crippen LogP contribution in [0.4, 0.5) is 0 Å². The molecule has 7 nitrogen and oxygen atoms in total. The van der Waals surface area contributed by atoms with Crippen molar-refractivity contribution in [1.29, 1.82) is 0 Å². The summed E-state index contributed by atoms with van der Waals surface area (Å²) in [4.78, 5) is 26.9. The van der Waals surface area contributed by atoms with Crippen molar-refractivity contribution in [3.8, 4) is 5.75 Å². The lowest BCUT2D eigenvalue weighted by Gasteiger charge is -2.21. The van der Waals surface area contributed by atoms with Crippen LogP contribution >= 0.6 is 0 Å². The van der Waals surface area contributed by atoms with Gasteiger partial charge in [-0.3, -0.25) is 15.0 Å². The lowest BCUT2D eigenvalue weighted by atomic mass is 9.98. The number of ether oxygens (including phenoxy) is 1. The monoisotopic (exact) mass is 436 g/mol. The van der Waals surface area contributed by atoms with Crippen LogP contribution in [0.1, 0.15) is 29.9 Å². The van der Waals surface area contributed by atoms with E-state index in [9.17, 15) is 9.59 Å². The van der Waals surface area contributed by atoms with Gasteiger partial charge in [0.15, 0.2) is 0 Å². The smallest absolute Gasteiger partial charge is 0.238 e. The summed E-state index contributed by atoms with van der Waals surface area (Å²) < 4.78 is 5.58. The number of hydrogen-bond acceptors (Lipinski definition) is 5. The fourth-order valence-corrected chi connectivity index (χ4v) is 4.29. The highest BCUT2D eigenvalue weighted by molar-refractivity contribution is 5.79. The summed E-state index contributed by atoms with van der Waals surface area (Å²) in [6, 6.07) is 18.1. The van der Waals surface area contributed by atoms with Crippen LogP contribution < -0.4 is 15.5 Å². The van der Waals surface area contributed by atoms with Crippen LogP contribution in [0.25, 0.3) is 0 Å². The number of amides is 2. The number of nitrogens with zero attached hydrogens (tertiary/aromatic N) is 2. The Labute approximate surface area is 189 Å². The first kappa shape index (κ1) is 22.3. The van der Waals surface area contributed by atoms with Crippen molar-refractivity contribution in [2.75, 3.05) is 39.3 Å². The van der Waals surface area contributed by atoms with Crippen LogP contribution in [0.15, 0.2) is 54.6 Å². The van der Waals surface area contributed by atoms with Gasteiger partial charge in [0.2, 0.25) is 11.8 Å². The Morgan fingerprint density at radius 2 is 1.88 bits per heavy atom. The molecule has 2 aromatic rings. The Balaban J connectivity index is 1.15. The zero-order valence-corrected chi connectivity index (χ0v) is 18.6. The molecule has 2 aliphatic heterocycles. The first-order valence-electron chi connectivity index (χ1n) is 11.4. The van der Waals surface area contributed by atoms with E-state index in [0.29, 0.717) is 38.6 Å². The Morgan fingerprint density at radius 1 is 1.09 bits per heavy atom. The molecule has 0 bridgehead atoms. The van der Waals surface area contributed by atoms with E-state index in [1.807, 2.05) is 40.2 Å². The second-order valence-electron chi connectivity index (χ2n) is 8.65.